The summed E-state index contributed by atoms with van der Waals surface area (Å²) in [6, 6.07) is 7.69. The van der Waals surface area contributed by atoms with E-state index in [-0.39, 0.29) is 24.6 Å². The Morgan fingerprint density at radius 3 is 2.52 bits per heavy atom. The Morgan fingerprint density at radius 1 is 1.24 bits per heavy atom. The van der Waals surface area contributed by atoms with E-state index in [0.29, 0.717) is 19.4 Å². The smallest absolute Gasteiger partial charge is 0.164 e. The van der Waals surface area contributed by atoms with E-state index in [2.05, 4.69) is 0 Å². The summed E-state index contributed by atoms with van der Waals surface area (Å²) in [5.74, 6) is 0.958. The summed E-state index contributed by atoms with van der Waals surface area (Å²) >= 11 is 0. The lowest BCUT2D eigenvalue weighted by Crippen LogP contribution is -2.37. The highest BCUT2D eigenvalue weighted by Gasteiger charge is 2.37. The molecule has 25 heavy (non-hydrogen) atoms. The maximum Gasteiger partial charge on any atom is 0.164 e. The van der Waals surface area contributed by atoms with Gasteiger partial charge >= 0.3 is 0 Å². The van der Waals surface area contributed by atoms with Crippen LogP contribution in [0.15, 0.2) is 24.3 Å². The van der Waals surface area contributed by atoms with Crippen molar-refractivity contribution in [1.29, 1.82) is 0 Å². The Kier molecular flexibility index (Phi) is 7.41. The molecule has 5 nitrogen and oxygen atoms in total. The average molecular weight is 350 g/mol. The lowest BCUT2D eigenvalue weighted by molar-refractivity contribution is -0.145. The second-order valence-corrected chi connectivity index (χ2v) is 6.79. The minimum absolute atomic E-state index is 0.0180. The van der Waals surface area contributed by atoms with Crippen LogP contribution in [0.25, 0.3) is 0 Å². The molecule has 0 aromatic heterocycles. The number of epoxide rings is 1. The van der Waals surface area contributed by atoms with Crippen molar-refractivity contribution in [2.45, 2.75) is 70.4 Å². The highest BCUT2D eigenvalue weighted by molar-refractivity contribution is 5.86. The number of aliphatic hydroxyl groups is 1. The van der Waals surface area contributed by atoms with Gasteiger partial charge in [0.05, 0.1) is 26.4 Å². The van der Waals surface area contributed by atoms with Gasteiger partial charge in [0.15, 0.2) is 5.78 Å². The van der Waals surface area contributed by atoms with E-state index >= 15 is 0 Å². The first-order chi connectivity index (χ1) is 12.0. The number of methoxy groups -OCH3 is 1. The van der Waals surface area contributed by atoms with Crippen LogP contribution in [0.5, 0.6) is 5.75 Å². The van der Waals surface area contributed by atoms with Gasteiger partial charge in [-0.2, -0.15) is 0 Å². The van der Waals surface area contributed by atoms with Crippen LogP contribution in [0.3, 0.4) is 0 Å². The molecule has 1 aromatic rings. The van der Waals surface area contributed by atoms with Crippen molar-refractivity contribution in [3.8, 4) is 5.75 Å². The van der Waals surface area contributed by atoms with Gasteiger partial charge in [0.1, 0.15) is 17.5 Å². The van der Waals surface area contributed by atoms with E-state index in [0.717, 1.165) is 30.6 Å². The number of carbonyl (C=O) groups is 1. The molecular weight excluding hydrogens is 320 g/mol. The summed E-state index contributed by atoms with van der Waals surface area (Å²) in [6.07, 6.45) is 4.05. The van der Waals surface area contributed by atoms with Crippen molar-refractivity contribution in [2.24, 2.45) is 0 Å². The van der Waals surface area contributed by atoms with Gasteiger partial charge in [-0.3, -0.25) is 4.79 Å². The number of unbranched alkanes of at least 4 members (excludes halogenated alkanes) is 1. The van der Waals surface area contributed by atoms with Gasteiger partial charge in [-0.25, -0.2) is 0 Å². The van der Waals surface area contributed by atoms with Crippen molar-refractivity contribution in [1.82, 2.24) is 0 Å². The van der Waals surface area contributed by atoms with Gasteiger partial charge in [0.25, 0.3) is 0 Å². The number of ether oxygens (including phenoxy) is 3. The van der Waals surface area contributed by atoms with Gasteiger partial charge in [0, 0.05) is 6.42 Å². The molecule has 0 saturated carbocycles. The molecule has 1 aliphatic heterocycles. The quantitative estimate of drug-likeness (QED) is 0.463. The summed E-state index contributed by atoms with van der Waals surface area (Å²) in [5.41, 5.74) is 0.276. The fourth-order valence-electron chi connectivity index (χ4n) is 2.83. The van der Waals surface area contributed by atoms with Crippen LogP contribution in [-0.2, 0) is 20.9 Å². The molecule has 1 heterocycles. The van der Waals surface area contributed by atoms with Gasteiger partial charge in [-0.1, -0.05) is 25.5 Å². The Labute approximate surface area is 150 Å². The molecule has 1 aromatic carbocycles. The van der Waals surface area contributed by atoms with E-state index in [1.54, 1.807) is 7.11 Å². The molecule has 2 rings (SSSR count). The van der Waals surface area contributed by atoms with Crippen LogP contribution in [0, 0.1) is 0 Å². The number of aliphatic hydroxyl groups excluding tert-OH is 1. The minimum atomic E-state index is -0.746. The third-order valence-corrected chi connectivity index (χ3v) is 4.99. The Bertz CT molecular complexity index is 542. The zero-order valence-electron chi connectivity index (χ0n) is 15.5. The van der Waals surface area contributed by atoms with Crippen LogP contribution in [0.4, 0.5) is 0 Å². The number of hydrogen-bond donors (Lipinski definition) is 1. The topological polar surface area (TPSA) is 68.3 Å². The monoisotopic (exact) mass is 350 g/mol. The Hall–Kier alpha value is -1.43. The van der Waals surface area contributed by atoms with Crippen LogP contribution < -0.4 is 4.74 Å². The number of hydrogen-bond acceptors (Lipinski definition) is 5. The van der Waals surface area contributed by atoms with Gasteiger partial charge in [-0.15, -0.1) is 0 Å². The summed E-state index contributed by atoms with van der Waals surface area (Å²) in [7, 11) is 1.64. The zero-order chi connectivity index (χ0) is 18.3. The van der Waals surface area contributed by atoms with Crippen molar-refractivity contribution in [3.63, 3.8) is 0 Å². The predicted octanol–water partition coefficient (Wildman–Crippen LogP) is 3.27. The molecule has 1 fully saturated rings. The third kappa shape index (κ3) is 5.80. The fourth-order valence-corrected chi connectivity index (χ4v) is 2.83. The van der Waals surface area contributed by atoms with Crippen molar-refractivity contribution < 1.29 is 24.1 Å². The Morgan fingerprint density at radius 2 is 1.96 bits per heavy atom. The molecule has 1 aliphatic rings. The van der Waals surface area contributed by atoms with E-state index in [1.807, 2.05) is 38.1 Å². The van der Waals surface area contributed by atoms with Crippen LogP contribution in [-0.4, -0.2) is 42.4 Å². The van der Waals surface area contributed by atoms with Crippen molar-refractivity contribution >= 4 is 5.78 Å². The molecule has 1 N–H and O–H groups in total. The first-order valence-corrected chi connectivity index (χ1v) is 9.09. The standard InChI is InChI=1S/C20H30O5/c1-4-20(2,24-14-15-9-11-16(23-3)12-10-15)19(22)8-6-5-7-17-18(13-21)25-17/h9-12,17-18,21H,4-8,13-14H2,1-3H3/t17-,18-,20+/m0/s1. The highest BCUT2D eigenvalue weighted by Crippen LogP contribution is 2.28. The zero-order valence-corrected chi connectivity index (χ0v) is 15.5. The van der Waals surface area contributed by atoms with Crippen molar-refractivity contribution in [2.75, 3.05) is 13.7 Å². The summed E-state index contributed by atoms with van der Waals surface area (Å²) in [6.45, 7) is 4.37. The molecule has 1 saturated heterocycles. The molecule has 3 atom stereocenters. The second-order valence-electron chi connectivity index (χ2n) is 6.79. The summed E-state index contributed by atoms with van der Waals surface area (Å²) in [5, 5.41) is 8.94. The first-order valence-electron chi connectivity index (χ1n) is 9.09. The number of carbonyl (C=O) groups excluding carboxylic acids is 1. The SMILES string of the molecule is CC[C@@](C)(OCc1ccc(OC)cc1)C(=O)CCCC[C@@H]1O[C@H]1CO. The second kappa shape index (κ2) is 9.32. The van der Waals surface area contributed by atoms with Gasteiger partial charge in [-0.05, 0) is 43.9 Å². The van der Waals surface area contributed by atoms with E-state index < -0.39 is 5.60 Å². The molecular formula is C20H30O5. The first kappa shape index (κ1) is 19.9. The maximum atomic E-state index is 12.6. The largest absolute Gasteiger partial charge is 0.497 e. The normalized spacial score (nSPS) is 21.6. The van der Waals surface area contributed by atoms with E-state index in [9.17, 15) is 4.79 Å². The number of rotatable bonds is 12. The van der Waals surface area contributed by atoms with Gasteiger partial charge < -0.3 is 19.3 Å². The molecule has 0 unspecified atom stereocenters. The number of ketones is 1. The number of Topliss-reactive ketones (excluding diaryl/α,β-unsaturated/α-hetero) is 1. The highest BCUT2D eigenvalue weighted by atomic mass is 16.6. The molecule has 140 valence electrons. The van der Waals surface area contributed by atoms with Crippen LogP contribution >= 0.6 is 0 Å². The third-order valence-electron chi connectivity index (χ3n) is 4.99. The molecule has 0 radical (unpaired) electrons. The van der Waals surface area contributed by atoms with Crippen LogP contribution in [0.2, 0.25) is 0 Å². The molecule has 0 aliphatic carbocycles. The Balaban J connectivity index is 1.73. The molecule has 0 amide bonds. The van der Waals surface area contributed by atoms with Crippen molar-refractivity contribution in [3.05, 3.63) is 29.8 Å². The summed E-state index contributed by atoms with van der Waals surface area (Å²) in [4.78, 5) is 12.6. The fraction of sp³-hybridized carbons (Fsp3) is 0.650. The lowest BCUT2D eigenvalue weighted by Gasteiger charge is -2.27. The molecule has 0 bridgehead atoms. The average Bonchev–Trinajstić information content (AvgIpc) is 3.42. The van der Waals surface area contributed by atoms with E-state index in [1.165, 1.54) is 0 Å². The summed E-state index contributed by atoms with van der Waals surface area (Å²) < 4.78 is 16.4. The number of benzene rings is 1. The maximum absolute atomic E-state index is 12.6. The van der Waals surface area contributed by atoms with Gasteiger partial charge in [0.2, 0.25) is 0 Å². The minimum Gasteiger partial charge on any atom is -0.497 e. The molecule has 0 spiro atoms. The molecule has 5 heteroatoms. The predicted molar refractivity (Wildman–Crippen MR) is 95.7 cm³/mol. The van der Waals surface area contributed by atoms with Crippen LogP contribution in [0.1, 0.15) is 51.5 Å². The lowest BCUT2D eigenvalue weighted by atomic mass is 9.93. The van der Waals surface area contributed by atoms with E-state index in [4.69, 9.17) is 19.3 Å².